The third kappa shape index (κ3) is 2.33. The number of carbonyl (C=O) groups excluding carboxylic acids is 1. The molecule has 0 saturated carbocycles. The fraction of sp³-hybridized carbons (Fsp3) is 0.929. The van der Waals surface area contributed by atoms with Crippen LogP contribution in [-0.2, 0) is 14.3 Å². The van der Waals surface area contributed by atoms with Crippen molar-refractivity contribution in [3.63, 3.8) is 0 Å². The Balaban J connectivity index is 1.89. The van der Waals surface area contributed by atoms with Crippen molar-refractivity contribution in [2.45, 2.75) is 56.0 Å². The zero-order chi connectivity index (χ0) is 13.3. The molecule has 3 aliphatic heterocycles. The largest absolute Gasteiger partial charge is 0.381 e. The number of nitrogens with zero attached hydrogens (tertiary/aromatic N) is 1. The lowest BCUT2D eigenvalue weighted by Gasteiger charge is -2.55. The lowest BCUT2D eigenvalue weighted by molar-refractivity contribution is -0.274. The van der Waals surface area contributed by atoms with Crippen LogP contribution in [0.1, 0.15) is 44.9 Å². The molecule has 108 valence electrons. The van der Waals surface area contributed by atoms with Crippen molar-refractivity contribution in [2.75, 3.05) is 26.4 Å². The number of piperidine rings is 1. The van der Waals surface area contributed by atoms with E-state index >= 15 is 0 Å². The molecule has 5 nitrogen and oxygen atoms in total. The number of hydrogen-bond acceptors (Lipinski definition) is 5. The maximum Gasteiger partial charge on any atom is 0.136 e. The summed E-state index contributed by atoms with van der Waals surface area (Å²) >= 11 is 0. The van der Waals surface area contributed by atoms with Crippen LogP contribution in [0, 0.1) is 0 Å². The maximum absolute atomic E-state index is 12.2. The van der Waals surface area contributed by atoms with Gasteiger partial charge in [-0.15, -0.1) is 0 Å². The van der Waals surface area contributed by atoms with Gasteiger partial charge < -0.3 is 14.7 Å². The highest BCUT2D eigenvalue weighted by atomic mass is 16.5. The molecule has 0 aromatic rings. The van der Waals surface area contributed by atoms with Crippen LogP contribution in [0.2, 0.25) is 0 Å². The predicted octanol–water partition coefficient (Wildman–Crippen LogP) is 1.53. The van der Waals surface area contributed by atoms with Crippen LogP contribution in [0.15, 0.2) is 0 Å². The van der Waals surface area contributed by atoms with E-state index in [2.05, 4.69) is 0 Å². The molecule has 1 N–H and O–H groups in total. The van der Waals surface area contributed by atoms with Crippen LogP contribution in [0.5, 0.6) is 0 Å². The van der Waals surface area contributed by atoms with E-state index in [1.54, 1.807) is 5.06 Å². The summed E-state index contributed by atoms with van der Waals surface area (Å²) in [5.74, 6) is 0.286. The summed E-state index contributed by atoms with van der Waals surface area (Å²) in [6.45, 7) is 2.64. The number of carbonyl (C=O) groups is 1. The standard InChI is InChI=1S/C14H23NO4/c16-12-10-13(2-1-6-18-7-3-13)15(17)14(11-12)4-8-19-9-5-14/h17H,1-11H2. The van der Waals surface area contributed by atoms with Gasteiger partial charge in [0.2, 0.25) is 0 Å². The van der Waals surface area contributed by atoms with Crippen molar-refractivity contribution in [1.82, 2.24) is 5.06 Å². The van der Waals surface area contributed by atoms with E-state index in [-0.39, 0.29) is 5.78 Å². The van der Waals surface area contributed by atoms with E-state index in [4.69, 9.17) is 9.47 Å². The molecule has 1 unspecified atom stereocenters. The van der Waals surface area contributed by atoms with Crippen LogP contribution < -0.4 is 0 Å². The van der Waals surface area contributed by atoms with Gasteiger partial charge in [-0.2, -0.15) is 5.06 Å². The van der Waals surface area contributed by atoms with Gasteiger partial charge in [0.25, 0.3) is 0 Å². The molecule has 0 amide bonds. The van der Waals surface area contributed by atoms with E-state index in [0.717, 1.165) is 38.7 Å². The zero-order valence-corrected chi connectivity index (χ0v) is 11.4. The van der Waals surface area contributed by atoms with Gasteiger partial charge in [0.05, 0.1) is 11.1 Å². The molecular formula is C14H23NO4. The molecule has 2 spiro atoms. The van der Waals surface area contributed by atoms with Gasteiger partial charge in [-0.3, -0.25) is 4.79 Å². The Morgan fingerprint density at radius 1 is 0.895 bits per heavy atom. The summed E-state index contributed by atoms with van der Waals surface area (Å²) in [7, 11) is 0. The summed E-state index contributed by atoms with van der Waals surface area (Å²) in [6, 6.07) is 0. The van der Waals surface area contributed by atoms with Crippen LogP contribution in [0.3, 0.4) is 0 Å². The van der Waals surface area contributed by atoms with Crippen molar-refractivity contribution in [3.8, 4) is 0 Å². The first-order valence-corrected chi connectivity index (χ1v) is 7.33. The highest BCUT2D eigenvalue weighted by Gasteiger charge is 2.54. The minimum atomic E-state index is -0.400. The number of hydroxylamine groups is 2. The molecule has 3 saturated heterocycles. The molecule has 19 heavy (non-hydrogen) atoms. The number of ether oxygens (including phenoxy) is 2. The average Bonchev–Trinajstić information content (AvgIpc) is 2.64. The van der Waals surface area contributed by atoms with Crippen molar-refractivity contribution in [2.24, 2.45) is 0 Å². The van der Waals surface area contributed by atoms with E-state index in [0.29, 0.717) is 32.7 Å². The van der Waals surface area contributed by atoms with Crippen LogP contribution in [-0.4, -0.2) is 53.6 Å². The molecule has 0 aromatic carbocycles. The van der Waals surface area contributed by atoms with Crippen LogP contribution >= 0.6 is 0 Å². The molecule has 0 aliphatic carbocycles. The van der Waals surface area contributed by atoms with E-state index < -0.39 is 11.1 Å². The van der Waals surface area contributed by atoms with Gasteiger partial charge in [-0.1, -0.05) is 0 Å². The molecule has 3 fully saturated rings. The second-order valence-electron chi connectivity index (χ2n) is 6.23. The second kappa shape index (κ2) is 5.13. The molecule has 5 heteroatoms. The van der Waals surface area contributed by atoms with Gasteiger partial charge in [-0.05, 0) is 32.1 Å². The lowest BCUT2D eigenvalue weighted by atomic mass is 9.71. The minimum absolute atomic E-state index is 0.286. The van der Waals surface area contributed by atoms with Crippen LogP contribution in [0.4, 0.5) is 0 Å². The topological polar surface area (TPSA) is 59.0 Å². The molecular weight excluding hydrogens is 246 g/mol. The predicted molar refractivity (Wildman–Crippen MR) is 68.1 cm³/mol. The molecule has 1 atom stereocenters. The number of ketones is 1. The van der Waals surface area contributed by atoms with Crippen molar-refractivity contribution in [1.29, 1.82) is 0 Å². The van der Waals surface area contributed by atoms with E-state index in [1.807, 2.05) is 0 Å². The Hall–Kier alpha value is -0.490. The average molecular weight is 269 g/mol. The molecule has 0 bridgehead atoms. The molecule has 0 radical (unpaired) electrons. The smallest absolute Gasteiger partial charge is 0.136 e. The number of hydrogen-bond donors (Lipinski definition) is 1. The van der Waals surface area contributed by atoms with Gasteiger partial charge in [0, 0.05) is 39.3 Å². The van der Waals surface area contributed by atoms with Gasteiger partial charge in [0.15, 0.2) is 0 Å². The quantitative estimate of drug-likeness (QED) is 0.722. The second-order valence-corrected chi connectivity index (χ2v) is 6.23. The molecule has 3 heterocycles. The molecule has 0 aromatic heterocycles. The third-order valence-electron chi connectivity index (χ3n) is 5.02. The Kier molecular flexibility index (Phi) is 3.64. The first-order chi connectivity index (χ1) is 9.17. The molecule has 3 aliphatic rings. The summed E-state index contributed by atoms with van der Waals surface area (Å²) in [4.78, 5) is 12.2. The monoisotopic (exact) mass is 269 g/mol. The van der Waals surface area contributed by atoms with Crippen molar-refractivity contribution < 1.29 is 19.5 Å². The summed E-state index contributed by atoms with van der Waals surface area (Å²) in [5, 5.41) is 12.4. The Morgan fingerprint density at radius 3 is 2.05 bits per heavy atom. The van der Waals surface area contributed by atoms with Crippen LogP contribution in [0.25, 0.3) is 0 Å². The fourth-order valence-corrected chi connectivity index (χ4v) is 3.97. The van der Waals surface area contributed by atoms with E-state index in [9.17, 15) is 10.0 Å². The minimum Gasteiger partial charge on any atom is -0.381 e. The third-order valence-corrected chi connectivity index (χ3v) is 5.02. The highest BCUT2D eigenvalue weighted by Crippen LogP contribution is 2.45. The maximum atomic E-state index is 12.2. The molecule has 3 rings (SSSR count). The fourth-order valence-electron chi connectivity index (χ4n) is 3.97. The Labute approximate surface area is 113 Å². The van der Waals surface area contributed by atoms with Gasteiger partial charge >= 0.3 is 0 Å². The first-order valence-electron chi connectivity index (χ1n) is 7.33. The number of rotatable bonds is 0. The van der Waals surface area contributed by atoms with Crippen molar-refractivity contribution in [3.05, 3.63) is 0 Å². The van der Waals surface area contributed by atoms with Gasteiger partial charge in [0.1, 0.15) is 5.78 Å². The first kappa shape index (κ1) is 13.5. The van der Waals surface area contributed by atoms with Crippen molar-refractivity contribution >= 4 is 5.78 Å². The SMILES string of the molecule is O=C1CC2(CCCOCC2)N(O)C2(CCOCC2)C1. The summed E-state index contributed by atoms with van der Waals surface area (Å²) in [5.41, 5.74) is -0.791. The normalized spacial score (nSPS) is 36.6. The summed E-state index contributed by atoms with van der Waals surface area (Å²) < 4.78 is 10.9. The Morgan fingerprint density at radius 2 is 1.42 bits per heavy atom. The van der Waals surface area contributed by atoms with Gasteiger partial charge in [-0.25, -0.2) is 0 Å². The zero-order valence-electron chi connectivity index (χ0n) is 11.4. The summed E-state index contributed by atoms with van der Waals surface area (Å²) in [6.07, 6.45) is 4.94. The Bertz CT molecular complexity index is 343. The number of Topliss-reactive ketones (excluding diaryl/α,β-unsaturated/α-hetero) is 1. The highest BCUT2D eigenvalue weighted by molar-refractivity contribution is 5.82. The lowest BCUT2D eigenvalue weighted by Crippen LogP contribution is -2.65. The van der Waals surface area contributed by atoms with E-state index in [1.165, 1.54) is 0 Å².